The van der Waals surface area contributed by atoms with Gasteiger partial charge in [0, 0.05) is 6.04 Å². The van der Waals surface area contributed by atoms with Crippen molar-refractivity contribution in [3.8, 4) is 0 Å². The molecule has 2 aliphatic heterocycles. The molecule has 3 nitrogen and oxygen atoms in total. The van der Waals surface area contributed by atoms with E-state index in [1.54, 1.807) is 0 Å². The first kappa shape index (κ1) is 11.4. The Hall–Kier alpha value is -0.0900. The third-order valence-corrected chi connectivity index (χ3v) is 5.56. The highest BCUT2D eigenvalue weighted by Crippen LogP contribution is 2.28. The third kappa shape index (κ3) is 3.18. The summed E-state index contributed by atoms with van der Waals surface area (Å²) in [6.07, 6.45) is 4.32. The molecule has 0 saturated carbocycles. The Labute approximate surface area is 92.6 Å². The minimum atomic E-state index is -2.71. The highest BCUT2D eigenvalue weighted by atomic mass is 32.2. The van der Waals surface area contributed by atoms with Gasteiger partial charge in [-0.3, -0.25) is 0 Å². The number of sulfone groups is 1. The van der Waals surface area contributed by atoms with Crippen molar-refractivity contribution in [3.05, 3.63) is 0 Å². The number of hydrogen-bond donors (Lipinski definition) is 1. The van der Waals surface area contributed by atoms with E-state index in [4.69, 9.17) is 0 Å². The van der Waals surface area contributed by atoms with E-state index in [9.17, 15) is 8.42 Å². The molecule has 0 spiro atoms. The summed E-state index contributed by atoms with van der Waals surface area (Å²) in [4.78, 5) is 0. The summed E-state index contributed by atoms with van der Waals surface area (Å²) in [7, 11) is -2.71. The minimum absolute atomic E-state index is 0.419. The van der Waals surface area contributed by atoms with Crippen LogP contribution in [-0.2, 0) is 9.84 Å². The Morgan fingerprint density at radius 3 is 2.73 bits per heavy atom. The van der Waals surface area contributed by atoms with Crippen molar-refractivity contribution in [3.63, 3.8) is 0 Å². The normalized spacial score (nSPS) is 40.5. The predicted octanol–water partition coefficient (Wildman–Crippen LogP) is 1.20. The summed E-state index contributed by atoms with van der Waals surface area (Å²) in [6, 6.07) is 0.621. The van der Waals surface area contributed by atoms with Crippen molar-refractivity contribution in [1.82, 2.24) is 5.32 Å². The topological polar surface area (TPSA) is 46.2 Å². The van der Waals surface area contributed by atoms with Gasteiger partial charge < -0.3 is 5.32 Å². The minimum Gasteiger partial charge on any atom is -0.314 e. The molecule has 2 saturated heterocycles. The maximum absolute atomic E-state index is 11.5. The molecule has 4 heteroatoms. The number of rotatable bonds is 2. The summed E-state index contributed by atoms with van der Waals surface area (Å²) < 4.78 is 23.0. The molecule has 1 N–H and O–H groups in total. The van der Waals surface area contributed by atoms with Crippen LogP contribution in [-0.4, -0.2) is 32.5 Å². The maximum Gasteiger partial charge on any atom is 0.150 e. The molecule has 2 heterocycles. The Morgan fingerprint density at radius 1 is 1.33 bits per heavy atom. The van der Waals surface area contributed by atoms with Gasteiger partial charge in [0.15, 0.2) is 9.84 Å². The second kappa shape index (κ2) is 4.42. The van der Waals surface area contributed by atoms with Crippen LogP contribution in [0.5, 0.6) is 0 Å². The predicted molar refractivity (Wildman–Crippen MR) is 61.6 cm³/mol. The van der Waals surface area contributed by atoms with Crippen LogP contribution in [0.15, 0.2) is 0 Å². The van der Waals surface area contributed by atoms with E-state index in [0.29, 0.717) is 29.4 Å². The van der Waals surface area contributed by atoms with Crippen molar-refractivity contribution < 1.29 is 8.42 Å². The van der Waals surface area contributed by atoms with E-state index >= 15 is 0 Å². The first-order valence-corrected chi connectivity index (χ1v) is 7.81. The van der Waals surface area contributed by atoms with Gasteiger partial charge in [0.1, 0.15) is 0 Å². The average molecular weight is 231 g/mol. The Morgan fingerprint density at radius 2 is 2.13 bits per heavy atom. The van der Waals surface area contributed by atoms with E-state index in [1.165, 1.54) is 6.42 Å². The second-order valence-electron chi connectivity index (χ2n) is 5.27. The highest BCUT2D eigenvalue weighted by molar-refractivity contribution is 7.91. The van der Waals surface area contributed by atoms with Crippen LogP contribution in [0.3, 0.4) is 0 Å². The van der Waals surface area contributed by atoms with Crippen molar-refractivity contribution in [1.29, 1.82) is 0 Å². The van der Waals surface area contributed by atoms with E-state index in [1.807, 2.05) is 0 Å². The van der Waals surface area contributed by atoms with Gasteiger partial charge in [0.05, 0.1) is 11.5 Å². The summed E-state index contributed by atoms with van der Waals surface area (Å²) in [5.74, 6) is 2.00. The molecular formula is C11H21NO2S. The van der Waals surface area contributed by atoms with E-state index in [-0.39, 0.29) is 0 Å². The van der Waals surface area contributed by atoms with Gasteiger partial charge in [-0.2, -0.15) is 0 Å². The monoisotopic (exact) mass is 231 g/mol. The Kier molecular flexibility index (Phi) is 3.36. The lowest BCUT2D eigenvalue weighted by molar-refractivity contribution is 0.378. The standard InChI is InChI=1S/C11H21NO2S/c1-9-5-11(7-12-9)6-10-3-2-4-15(13,14)8-10/h9-12H,2-8H2,1H3. The molecule has 0 bridgehead atoms. The number of hydrogen-bond acceptors (Lipinski definition) is 3. The lowest BCUT2D eigenvalue weighted by Crippen LogP contribution is -2.27. The molecule has 0 amide bonds. The first-order chi connectivity index (χ1) is 7.05. The van der Waals surface area contributed by atoms with Gasteiger partial charge >= 0.3 is 0 Å². The molecule has 0 radical (unpaired) electrons. The first-order valence-electron chi connectivity index (χ1n) is 5.99. The van der Waals surface area contributed by atoms with Gasteiger partial charge in [0.2, 0.25) is 0 Å². The molecule has 88 valence electrons. The quantitative estimate of drug-likeness (QED) is 0.777. The van der Waals surface area contributed by atoms with Crippen LogP contribution in [0.1, 0.15) is 32.6 Å². The molecule has 0 aromatic heterocycles. The van der Waals surface area contributed by atoms with Gasteiger partial charge in [-0.05, 0) is 51.0 Å². The van der Waals surface area contributed by atoms with E-state index in [0.717, 1.165) is 25.8 Å². The third-order valence-electron chi connectivity index (χ3n) is 3.67. The number of nitrogens with one attached hydrogen (secondary N) is 1. The molecule has 15 heavy (non-hydrogen) atoms. The molecular weight excluding hydrogens is 210 g/mol. The fraction of sp³-hybridized carbons (Fsp3) is 1.00. The molecule has 2 fully saturated rings. The van der Waals surface area contributed by atoms with E-state index in [2.05, 4.69) is 12.2 Å². The van der Waals surface area contributed by atoms with Crippen LogP contribution >= 0.6 is 0 Å². The van der Waals surface area contributed by atoms with Crippen molar-refractivity contribution in [2.75, 3.05) is 18.1 Å². The smallest absolute Gasteiger partial charge is 0.150 e. The van der Waals surface area contributed by atoms with Crippen molar-refractivity contribution >= 4 is 9.84 Å². The van der Waals surface area contributed by atoms with Crippen LogP contribution in [0.25, 0.3) is 0 Å². The largest absolute Gasteiger partial charge is 0.314 e. The second-order valence-corrected chi connectivity index (χ2v) is 7.50. The SMILES string of the molecule is CC1CC(CC2CCCS(=O)(=O)C2)CN1. The average Bonchev–Trinajstić information content (AvgIpc) is 2.49. The van der Waals surface area contributed by atoms with Crippen LogP contribution < -0.4 is 5.32 Å². The molecule has 0 aliphatic carbocycles. The van der Waals surface area contributed by atoms with Gasteiger partial charge in [0.25, 0.3) is 0 Å². The fourth-order valence-electron chi connectivity index (χ4n) is 2.99. The van der Waals surface area contributed by atoms with Crippen molar-refractivity contribution in [2.45, 2.75) is 38.6 Å². The van der Waals surface area contributed by atoms with E-state index < -0.39 is 9.84 Å². The lowest BCUT2D eigenvalue weighted by Gasteiger charge is -2.24. The van der Waals surface area contributed by atoms with Gasteiger partial charge in [-0.15, -0.1) is 0 Å². The molecule has 0 aromatic rings. The Bertz CT molecular complexity index is 313. The summed E-state index contributed by atoms with van der Waals surface area (Å²) >= 11 is 0. The molecule has 3 unspecified atom stereocenters. The fourth-order valence-corrected chi connectivity index (χ4v) is 4.78. The zero-order chi connectivity index (χ0) is 10.9. The maximum atomic E-state index is 11.5. The molecule has 2 rings (SSSR count). The highest BCUT2D eigenvalue weighted by Gasteiger charge is 2.29. The summed E-state index contributed by atoms with van der Waals surface area (Å²) in [5, 5.41) is 3.43. The molecule has 2 aliphatic rings. The van der Waals surface area contributed by atoms with Gasteiger partial charge in [-0.25, -0.2) is 8.42 Å². The zero-order valence-corrected chi connectivity index (χ0v) is 10.2. The summed E-state index contributed by atoms with van der Waals surface area (Å²) in [6.45, 7) is 3.29. The molecule has 3 atom stereocenters. The lowest BCUT2D eigenvalue weighted by atomic mass is 9.91. The molecule has 0 aromatic carbocycles. The van der Waals surface area contributed by atoms with Crippen molar-refractivity contribution in [2.24, 2.45) is 11.8 Å². The van der Waals surface area contributed by atoms with Crippen LogP contribution in [0.4, 0.5) is 0 Å². The zero-order valence-electron chi connectivity index (χ0n) is 9.41. The van der Waals surface area contributed by atoms with Crippen LogP contribution in [0, 0.1) is 11.8 Å². The van der Waals surface area contributed by atoms with Gasteiger partial charge in [-0.1, -0.05) is 0 Å². The Balaban J connectivity index is 1.84. The summed E-state index contributed by atoms with van der Waals surface area (Å²) in [5.41, 5.74) is 0. The van der Waals surface area contributed by atoms with Crippen LogP contribution in [0.2, 0.25) is 0 Å².